The first-order valence-electron chi connectivity index (χ1n) is 14.9. The summed E-state index contributed by atoms with van der Waals surface area (Å²) in [5.41, 5.74) is 8.90. The summed E-state index contributed by atoms with van der Waals surface area (Å²) in [5.74, 6) is 1.04. The van der Waals surface area contributed by atoms with Gasteiger partial charge in [0.25, 0.3) is 0 Å². The number of benzene rings is 3. The number of fused-ring (bicyclic) bond motifs is 8. The molecule has 42 heavy (non-hydrogen) atoms. The van der Waals surface area contributed by atoms with E-state index >= 15 is 0 Å². The van der Waals surface area contributed by atoms with E-state index in [0.29, 0.717) is 0 Å². The average Bonchev–Trinajstić information content (AvgIpc) is 3.60. The van der Waals surface area contributed by atoms with Crippen LogP contribution in [-0.4, -0.2) is 16.0 Å². The fourth-order valence-corrected chi connectivity index (χ4v) is 8.40. The molecule has 4 aliphatic rings. The monoisotopic (exact) mass is 559 g/mol. The maximum absolute atomic E-state index is 5.40. The summed E-state index contributed by atoms with van der Waals surface area (Å²) in [6.45, 7) is 0. The molecule has 2 atom stereocenters. The van der Waals surface area contributed by atoms with E-state index in [-0.39, 0.29) is 12.0 Å². The lowest BCUT2D eigenvalue weighted by Gasteiger charge is -2.27. The third-order valence-corrected chi connectivity index (χ3v) is 10.4. The first kappa shape index (κ1) is 24.1. The van der Waals surface area contributed by atoms with Crippen molar-refractivity contribution in [2.45, 2.75) is 37.6 Å². The number of thiophene rings is 1. The highest BCUT2D eigenvalue weighted by atomic mass is 32.1. The lowest BCUT2D eigenvalue weighted by molar-refractivity contribution is 0.733. The molecule has 3 heterocycles. The van der Waals surface area contributed by atoms with E-state index < -0.39 is 0 Å². The van der Waals surface area contributed by atoms with E-state index in [2.05, 4.69) is 120 Å². The van der Waals surface area contributed by atoms with Crippen LogP contribution < -0.4 is 4.90 Å². The van der Waals surface area contributed by atoms with Gasteiger partial charge in [-0.3, -0.25) is 0 Å². The molecule has 0 saturated heterocycles. The Morgan fingerprint density at radius 3 is 2.38 bits per heavy atom. The van der Waals surface area contributed by atoms with Crippen LogP contribution in [0.15, 0.2) is 126 Å². The van der Waals surface area contributed by atoms with Crippen molar-refractivity contribution in [2.24, 2.45) is 0 Å². The lowest BCUT2D eigenvalue weighted by atomic mass is 9.87. The van der Waals surface area contributed by atoms with Crippen LogP contribution in [0.1, 0.15) is 42.9 Å². The summed E-state index contributed by atoms with van der Waals surface area (Å²) in [6, 6.07) is 22.0. The number of rotatable bonds is 3. The minimum Gasteiger partial charge on any atom is -0.302 e. The lowest BCUT2D eigenvalue weighted by Crippen LogP contribution is -2.30. The van der Waals surface area contributed by atoms with Crippen LogP contribution in [0.5, 0.6) is 0 Å². The molecule has 0 amide bonds. The molecule has 3 aliphatic carbocycles. The molecule has 202 valence electrons. The second kappa shape index (κ2) is 9.50. The van der Waals surface area contributed by atoms with Crippen LogP contribution in [0.4, 0.5) is 11.6 Å². The van der Waals surface area contributed by atoms with Crippen molar-refractivity contribution in [2.75, 3.05) is 4.90 Å². The molecule has 9 rings (SSSR count). The third-order valence-electron chi connectivity index (χ3n) is 9.24. The summed E-state index contributed by atoms with van der Waals surface area (Å²) in [4.78, 5) is 13.0. The maximum Gasteiger partial charge on any atom is 0.231 e. The zero-order valence-corrected chi connectivity index (χ0v) is 24.0. The Kier molecular flexibility index (Phi) is 5.45. The molecule has 2 aromatic heterocycles. The van der Waals surface area contributed by atoms with E-state index in [9.17, 15) is 0 Å². The predicted molar refractivity (Wildman–Crippen MR) is 178 cm³/mol. The number of allylic oxidation sites excluding steroid dienone is 10. The van der Waals surface area contributed by atoms with Crippen molar-refractivity contribution in [1.82, 2.24) is 9.97 Å². The Bertz CT molecular complexity index is 2120. The Morgan fingerprint density at radius 1 is 0.690 bits per heavy atom. The second-order valence-electron chi connectivity index (χ2n) is 11.6. The summed E-state index contributed by atoms with van der Waals surface area (Å²) >= 11 is 1.89. The molecule has 0 radical (unpaired) electrons. The minimum absolute atomic E-state index is 0.140. The van der Waals surface area contributed by atoms with Gasteiger partial charge in [0, 0.05) is 37.2 Å². The van der Waals surface area contributed by atoms with Gasteiger partial charge in [-0.1, -0.05) is 91.1 Å². The Balaban J connectivity index is 1.23. The normalized spacial score (nSPS) is 21.0. The van der Waals surface area contributed by atoms with Gasteiger partial charge in [0.2, 0.25) is 5.95 Å². The van der Waals surface area contributed by atoms with E-state index in [1.807, 2.05) is 11.3 Å². The highest BCUT2D eigenvalue weighted by molar-refractivity contribution is 7.25. The van der Waals surface area contributed by atoms with Gasteiger partial charge < -0.3 is 4.90 Å². The molecule has 3 nitrogen and oxygen atoms in total. The van der Waals surface area contributed by atoms with Gasteiger partial charge in [-0.25, -0.2) is 9.97 Å². The first-order chi connectivity index (χ1) is 20.8. The molecule has 0 bridgehead atoms. The van der Waals surface area contributed by atoms with Gasteiger partial charge in [0.1, 0.15) is 0 Å². The standard InChI is InChI=1S/C38H29N3S/c1-2-10-24(11-3-1)25-18-20-26(21-19-25)37-27-12-4-7-15-30(27)39-38(40-37)41-31-16-8-5-13-28(31)35-32(41)22-23-34-36(35)29-14-6-9-17-33(29)42-34/h1-2,4-10,12-18,20,22-23,28,31H,3,11,19,21H2. The molecule has 0 saturated carbocycles. The molecule has 0 fully saturated rings. The molecular formula is C38H29N3S. The Hall–Kier alpha value is -4.54. The highest BCUT2D eigenvalue weighted by Gasteiger charge is 2.40. The Labute approximate surface area is 249 Å². The Morgan fingerprint density at radius 2 is 1.50 bits per heavy atom. The van der Waals surface area contributed by atoms with Crippen molar-refractivity contribution in [3.63, 3.8) is 0 Å². The van der Waals surface area contributed by atoms with Crippen molar-refractivity contribution in [3.8, 4) is 0 Å². The maximum atomic E-state index is 5.40. The van der Waals surface area contributed by atoms with E-state index in [1.54, 1.807) is 0 Å². The van der Waals surface area contributed by atoms with Gasteiger partial charge in [-0.05, 0) is 72.2 Å². The van der Waals surface area contributed by atoms with Crippen molar-refractivity contribution < 1.29 is 0 Å². The zero-order chi connectivity index (χ0) is 27.6. The molecule has 0 spiro atoms. The number of nitrogens with zero attached hydrogens (tertiary/aromatic N) is 3. The van der Waals surface area contributed by atoms with E-state index in [4.69, 9.17) is 9.97 Å². The van der Waals surface area contributed by atoms with Crippen LogP contribution >= 0.6 is 11.3 Å². The van der Waals surface area contributed by atoms with Crippen LogP contribution in [0.3, 0.4) is 0 Å². The van der Waals surface area contributed by atoms with E-state index in [0.717, 1.165) is 48.2 Å². The second-order valence-corrected chi connectivity index (χ2v) is 12.6. The largest absolute Gasteiger partial charge is 0.302 e. The summed E-state index contributed by atoms with van der Waals surface area (Å²) in [5, 5.41) is 3.85. The van der Waals surface area contributed by atoms with Crippen molar-refractivity contribution >= 4 is 59.6 Å². The molecule has 4 heteroatoms. The molecule has 3 aromatic carbocycles. The first-order valence-corrected chi connectivity index (χ1v) is 15.8. The smallest absolute Gasteiger partial charge is 0.231 e. The minimum atomic E-state index is 0.140. The molecule has 0 N–H and O–H groups in total. The number of aromatic nitrogens is 2. The summed E-state index contributed by atoms with van der Waals surface area (Å²) in [7, 11) is 0. The highest BCUT2D eigenvalue weighted by Crippen LogP contribution is 2.52. The van der Waals surface area contributed by atoms with Gasteiger partial charge >= 0.3 is 0 Å². The average molecular weight is 560 g/mol. The van der Waals surface area contributed by atoms with Crippen molar-refractivity contribution in [1.29, 1.82) is 0 Å². The van der Waals surface area contributed by atoms with Gasteiger partial charge in [0.15, 0.2) is 0 Å². The van der Waals surface area contributed by atoms with Crippen LogP contribution in [-0.2, 0) is 0 Å². The van der Waals surface area contributed by atoms with Crippen LogP contribution in [0.2, 0.25) is 0 Å². The number of para-hydroxylation sites is 1. The number of anilines is 2. The quantitative estimate of drug-likeness (QED) is 0.220. The number of hydrogen-bond acceptors (Lipinski definition) is 4. The van der Waals surface area contributed by atoms with E-state index in [1.165, 1.54) is 48.1 Å². The fraction of sp³-hybridized carbons (Fsp3) is 0.158. The number of hydrogen-bond donors (Lipinski definition) is 0. The summed E-state index contributed by atoms with van der Waals surface area (Å²) in [6.07, 6.45) is 24.7. The fourth-order valence-electron chi connectivity index (χ4n) is 7.28. The van der Waals surface area contributed by atoms with Gasteiger partial charge in [-0.2, -0.15) is 0 Å². The molecule has 1 aliphatic heterocycles. The van der Waals surface area contributed by atoms with Gasteiger partial charge in [-0.15, -0.1) is 11.3 Å². The van der Waals surface area contributed by atoms with Gasteiger partial charge in [0.05, 0.1) is 17.3 Å². The molecule has 2 unspecified atom stereocenters. The van der Waals surface area contributed by atoms with Crippen LogP contribution in [0, 0.1) is 0 Å². The summed E-state index contributed by atoms with van der Waals surface area (Å²) < 4.78 is 2.68. The van der Waals surface area contributed by atoms with Crippen molar-refractivity contribution in [3.05, 3.63) is 138 Å². The predicted octanol–water partition coefficient (Wildman–Crippen LogP) is 10.1. The molecular weight excluding hydrogens is 531 g/mol. The third kappa shape index (κ3) is 3.65. The molecule has 5 aromatic rings. The SMILES string of the molecule is C1=CCCC(C2=CC=C(c3nc(N4c5ccc6sc7ccccc7c6c5C5C=CC=CC54)nc4ccccc34)CC2)=C1. The van der Waals surface area contributed by atoms with Crippen LogP contribution in [0.25, 0.3) is 36.6 Å². The topological polar surface area (TPSA) is 29.0 Å². The zero-order valence-electron chi connectivity index (χ0n) is 23.2.